The Morgan fingerprint density at radius 1 is 1.00 bits per heavy atom. The molecule has 0 amide bonds. The minimum atomic E-state index is -0.125. The summed E-state index contributed by atoms with van der Waals surface area (Å²) >= 11 is 0. The Balaban J connectivity index is -0.0000000480. The third-order valence-electron chi connectivity index (χ3n) is 0.1000. The van der Waals surface area contributed by atoms with Crippen LogP contribution in [0.4, 0.5) is 0 Å². The lowest BCUT2D eigenvalue weighted by Gasteiger charge is -1.70. The minimum absolute atomic E-state index is 0. The van der Waals surface area contributed by atoms with E-state index in [0.29, 0.717) is 0 Å². The van der Waals surface area contributed by atoms with Gasteiger partial charge in [-0.1, -0.05) is 0 Å². The van der Waals surface area contributed by atoms with Gasteiger partial charge < -0.3 is 10.2 Å². The molecule has 46 valence electrons. The molecule has 0 saturated carbocycles. The van der Waals surface area contributed by atoms with Crippen LogP contribution < -0.4 is 0 Å². The summed E-state index contributed by atoms with van der Waals surface area (Å²) in [7, 11) is 0. The van der Waals surface area contributed by atoms with Crippen molar-refractivity contribution < 1.29 is 10.2 Å². The monoisotopic (exact) mass is 124 g/mol. The van der Waals surface area contributed by atoms with Crippen molar-refractivity contribution in [2.24, 2.45) is 0 Å². The lowest BCUT2D eigenvalue weighted by molar-refractivity contribution is 0.186. The van der Waals surface area contributed by atoms with Crippen LogP contribution in [0.2, 0.25) is 0 Å². The van der Waals surface area contributed by atoms with Gasteiger partial charge in [-0.3, -0.25) is 0 Å². The Bertz CT molecular complexity index is 17.2. The summed E-state index contributed by atoms with van der Waals surface area (Å²) in [5, 5.41) is 15.2. The van der Waals surface area contributed by atoms with Crippen molar-refractivity contribution >= 4 is 9.90 Å². The minimum Gasteiger partial charge on any atom is -0.394 e. The van der Waals surface area contributed by atoms with Gasteiger partial charge in [-0.05, 0) is 0 Å². The molecule has 0 aliphatic heterocycles. The fraction of sp³-hybridized carbons (Fsp3) is 0.500. The summed E-state index contributed by atoms with van der Waals surface area (Å²) in [6.45, 7) is 5.75. The van der Waals surface area contributed by atoms with E-state index in [4.69, 9.17) is 10.2 Å². The van der Waals surface area contributed by atoms with Crippen LogP contribution in [0, 0.1) is 0 Å². The first-order valence-electron chi connectivity index (χ1n) is 1.63. The van der Waals surface area contributed by atoms with Gasteiger partial charge in [0.05, 0.1) is 13.2 Å². The van der Waals surface area contributed by atoms with Gasteiger partial charge in [0.15, 0.2) is 0 Å². The second-order valence-corrected chi connectivity index (χ2v) is 0.447. The van der Waals surface area contributed by atoms with E-state index in [1.54, 1.807) is 0 Å². The smallest absolute Gasteiger partial charge is 0.0662 e. The second-order valence-electron chi connectivity index (χ2n) is 0.447. The molecule has 2 N–H and O–H groups in total. The first-order valence-corrected chi connectivity index (χ1v) is 1.63. The zero-order valence-corrected chi connectivity index (χ0v) is 5.84. The molecule has 0 fully saturated rings. The normalized spacial score (nSPS) is 4.86. The molecule has 0 aliphatic rings. The molecule has 0 heterocycles. The summed E-state index contributed by atoms with van der Waals surface area (Å²) in [5.41, 5.74) is 0. The molecule has 7 heavy (non-hydrogen) atoms. The maximum absolute atomic E-state index is 7.62. The lowest BCUT2D eigenvalue weighted by atomic mass is 10.8. The van der Waals surface area contributed by atoms with Gasteiger partial charge in [0.2, 0.25) is 0 Å². The van der Waals surface area contributed by atoms with Crippen molar-refractivity contribution in [1.82, 2.24) is 0 Å². The predicted octanol–water partition coefficient (Wildman–Crippen LogP) is -0.169. The van der Waals surface area contributed by atoms with Crippen LogP contribution in [0.5, 0.6) is 0 Å². The van der Waals surface area contributed by atoms with Crippen molar-refractivity contribution in [3.8, 4) is 0 Å². The van der Waals surface area contributed by atoms with E-state index >= 15 is 0 Å². The maximum atomic E-state index is 7.62. The van der Waals surface area contributed by atoms with Crippen LogP contribution in [0.3, 0.4) is 0 Å². The average Bonchev–Trinajstić information content (AvgIpc) is 1.72. The maximum Gasteiger partial charge on any atom is 0.0662 e. The molecular weight excluding hydrogens is 111 g/mol. The van der Waals surface area contributed by atoms with Crippen molar-refractivity contribution in [1.29, 1.82) is 0 Å². The van der Waals surface area contributed by atoms with E-state index in [1.165, 1.54) is 0 Å². The highest BCUT2D eigenvalue weighted by atomic mass is 31.0. The Hall–Kier alpha value is 0.0900. The summed E-state index contributed by atoms with van der Waals surface area (Å²) in [6.07, 6.45) is 0. The van der Waals surface area contributed by atoms with E-state index < -0.39 is 0 Å². The molecule has 1 atom stereocenters. The summed E-state index contributed by atoms with van der Waals surface area (Å²) in [5.74, 6) is 0. The number of rotatable bonds is 1. The average molecular weight is 124 g/mol. The number of hydrogen-bond donors (Lipinski definition) is 2. The molecule has 0 radical (unpaired) electrons. The zero-order valence-electron chi connectivity index (χ0n) is 4.43. The van der Waals surface area contributed by atoms with E-state index in [-0.39, 0.29) is 23.1 Å². The Kier molecular flexibility index (Phi) is 81.1. The topological polar surface area (TPSA) is 40.5 Å². The lowest BCUT2D eigenvalue weighted by Crippen LogP contribution is -1.85. The standard InChI is InChI=1S/C2H6O2.C2H4.H3P/c3-1-2-4;1-2;/h3-4H,1-2H2;1-2H2;1H3. The van der Waals surface area contributed by atoms with Gasteiger partial charge in [0.1, 0.15) is 0 Å². The summed E-state index contributed by atoms with van der Waals surface area (Å²) in [4.78, 5) is 0. The molecule has 0 aromatic heterocycles. The van der Waals surface area contributed by atoms with Gasteiger partial charge in [-0.15, -0.1) is 13.2 Å². The molecule has 0 saturated heterocycles. The summed E-state index contributed by atoms with van der Waals surface area (Å²) in [6, 6.07) is 0. The number of hydrogen-bond acceptors (Lipinski definition) is 2. The zero-order chi connectivity index (χ0) is 5.41. The molecule has 0 bridgehead atoms. The van der Waals surface area contributed by atoms with Crippen LogP contribution in [0.25, 0.3) is 0 Å². The quantitative estimate of drug-likeness (QED) is 0.376. The third kappa shape index (κ3) is 85.7. The third-order valence-corrected chi connectivity index (χ3v) is 0.1000. The molecule has 0 aromatic carbocycles. The van der Waals surface area contributed by atoms with E-state index in [0.717, 1.165) is 0 Å². The van der Waals surface area contributed by atoms with E-state index in [1.807, 2.05) is 0 Å². The van der Waals surface area contributed by atoms with Gasteiger partial charge in [-0.2, -0.15) is 9.90 Å². The Morgan fingerprint density at radius 3 is 1.14 bits per heavy atom. The second kappa shape index (κ2) is 36.1. The fourth-order valence-electron chi connectivity index (χ4n) is 0. The molecular formula is C4H13O2P. The highest BCUT2D eigenvalue weighted by Gasteiger charge is 1.58. The predicted molar refractivity (Wildman–Crippen MR) is 36.5 cm³/mol. The van der Waals surface area contributed by atoms with Gasteiger partial charge in [0, 0.05) is 0 Å². The molecule has 0 spiro atoms. The first kappa shape index (κ1) is 15.7. The van der Waals surface area contributed by atoms with Crippen LogP contribution in [0.1, 0.15) is 0 Å². The van der Waals surface area contributed by atoms with Gasteiger partial charge in [0.25, 0.3) is 0 Å². The molecule has 0 aliphatic carbocycles. The largest absolute Gasteiger partial charge is 0.394 e. The van der Waals surface area contributed by atoms with E-state index in [2.05, 4.69) is 13.2 Å². The fourth-order valence-corrected chi connectivity index (χ4v) is 0. The van der Waals surface area contributed by atoms with E-state index in [9.17, 15) is 0 Å². The van der Waals surface area contributed by atoms with Crippen LogP contribution in [-0.4, -0.2) is 23.4 Å². The number of aliphatic hydroxyl groups is 2. The van der Waals surface area contributed by atoms with Gasteiger partial charge >= 0.3 is 0 Å². The highest BCUT2D eigenvalue weighted by Crippen LogP contribution is 1.39. The molecule has 1 unspecified atom stereocenters. The van der Waals surface area contributed by atoms with Crippen molar-refractivity contribution in [2.45, 2.75) is 0 Å². The molecule has 3 heteroatoms. The SMILES string of the molecule is C=C.OCCO.P. The van der Waals surface area contributed by atoms with Crippen LogP contribution in [-0.2, 0) is 0 Å². The number of aliphatic hydroxyl groups excluding tert-OH is 2. The van der Waals surface area contributed by atoms with Crippen molar-refractivity contribution in [3.63, 3.8) is 0 Å². The summed E-state index contributed by atoms with van der Waals surface area (Å²) < 4.78 is 0. The van der Waals surface area contributed by atoms with Crippen molar-refractivity contribution in [3.05, 3.63) is 13.2 Å². The van der Waals surface area contributed by atoms with Crippen LogP contribution in [0.15, 0.2) is 13.2 Å². The first-order chi connectivity index (χ1) is 2.91. The Labute approximate surface area is 47.5 Å². The van der Waals surface area contributed by atoms with Crippen molar-refractivity contribution in [2.75, 3.05) is 13.2 Å². The van der Waals surface area contributed by atoms with Crippen LogP contribution >= 0.6 is 9.90 Å². The van der Waals surface area contributed by atoms with Gasteiger partial charge in [-0.25, -0.2) is 0 Å². The molecule has 0 rings (SSSR count). The molecule has 0 aromatic rings. The molecule has 2 nitrogen and oxygen atoms in total. The Morgan fingerprint density at radius 2 is 1.14 bits per heavy atom. The highest BCUT2D eigenvalue weighted by molar-refractivity contribution is 6.92.